The van der Waals surface area contributed by atoms with Crippen molar-refractivity contribution >= 4 is 38.9 Å². The van der Waals surface area contributed by atoms with Gasteiger partial charge in [-0.15, -0.1) is 0 Å². The summed E-state index contributed by atoms with van der Waals surface area (Å²) < 4.78 is 30.8. The monoisotopic (exact) mass is 396 g/mol. The first-order valence-corrected chi connectivity index (χ1v) is 10.3. The highest BCUT2D eigenvalue weighted by molar-refractivity contribution is 7.92. The topological polar surface area (TPSA) is 75.7 Å². The summed E-state index contributed by atoms with van der Waals surface area (Å²) >= 11 is 6.01. The third kappa shape index (κ3) is 5.64. The van der Waals surface area contributed by atoms with Gasteiger partial charge in [0, 0.05) is 13.0 Å². The number of hydrogen-bond acceptors (Lipinski definition) is 4. The summed E-state index contributed by atoms with van der Waals surface area (Å²) in [5.41, 5.74) is 0.965. The van der Waals surface area contributed by atoms with E-state index in [1.807, 2.05) is 6.92 Å². The Balaban J connectivity index is 2.06. The Kier molecular flexibility index (Phi) is 6.88. The number of hydrogen-bond donors (Lipinski definition) is 1. The molecule has 0 fully saturated rings. The molecule has 2 aromatic carbocycles. The second-order valence-corrected chi connectivity index (χ2v) is 7.85. The summed E-state index contributed by atoms with van der Waals surface area (Å²) in [4.78, 5) is 12.2. The average molecular weight is 397 g/mol. The molecule has 140 valence electrons. The molecule has 0 aliphatic rings. The number of halogens is 1. The number of sulfonamides is 1. The van der Waals surface area contributed by atoms with Gasteiger partial charge in [-0.2, -0.15) is 0 Å². The van der Waals surface area contributed by atoms with Crippen LogP contribution in [0.15, 0.2) is 48.5 Å². The Hall–Kier alpha value is -2.25. The molecule has 8 heteroatoms. The van der Waals surface area contributed by atoms with Crippen LogP contribution in [0.2, 0.25) is 5.02 Å². The maximum absolute atomic E-state index is 12.2. The van der Waals surface area contributed by atoms with Crippen molar-refractivity contribution in [2.75, 3.05) is 29.0 Å². The number of benzene rings is 2. The van der Waals surface area contributed by atoms with Gasteiger partial charge in [-0.3, -0.25) is 9.10 Å². The largest absolute Gasteiger partial charge is 0.494 e. The van der Waals surface area contributed by atoms with E-state index < -0.39 is 10.0 Å². The molecule has 0 spiro atoms. The predicted octanol–water partition coefficient (Wildman–Crippen LogP) is 3.53. The van der Waals surface area contributed by atoms with E-state index >= 15 is 0 Å². The fourth-order valence-corrected chi connectivity index (χ4v) is 3.45. The third-order valence-electron chi connectivity index (χ3n) is 3.53. The highest BCUT2D eigenvalue weighted by Gasteiger charge is 2.19. The molecular weight excluding hydrogens is 376 g/mol. The summed E-state index contributed by atoms with van der Waals surface area (Å²) in [7, 11) is -3.53. The number of rotatable bonds is 8. The maximum atomic E-state index is 12.2. The van der Waals surface area contributed by atoms with Crippen LogP contribution in [0.25, 0.3) is 0 Å². The number of nitrogens with one attached hydrogen (secondary N) is 1. The molecule has 0 aliphatic heterocycles. The van der Waals surface area contributed by atoms with Crippen molar-refractivity contribution in [2.45, 2.75) is 13.3 Å². The lowest BCUT2D eigenvalue weighted by Crippen LogP contribution is -2.33. The Bertz CT molecular complexity index is 854. The highest BCUT2D eigenvalue weighted by Crippen LogP contribution is 2.23. The molecule has 0 aromatic heterocycles. The van der Waals surface area contributed by atoms with Gasteiger partial charge in [0.25, 0.3) is 0 Å². The minimum atomic E-state index is -3.53. The second kappa shape index (κ2) is 8.91. The zero-order valence-electron chi connectivity index (χ0n) is 14.6. The van der Waals surface area contributed by atoms with Crippen LogP contribution in [0.1, 0.15) is 13.3 Å². The van der Waals surface area contributed by atoms with Crippen molar-refractivity contribution < 1.29 is 17.9 Å². The standard InChI is InChI=1S/C18H21ClN2O4S/c1-3-25-15-10-8-14(9-11-15)21(26(2,23)24)13-12-18(22)20-17-7-5-4-6-16(17)19/h4-11H,3,12-13H2,1-2H3,(H,20,22). The summed E-state index contributed by atoms with van der Waals surface area (Å²) in [5, 5.41) is 3.11. The minimum absolute atomic E-state index is 0.00843. The van der Waals surface area contributed by atoms with Gasteiger partial charge in [-0.05, 0) is 43.3 Å². The smallest absolute Gasteiger partial charge is 0.232 e. The van der Waals surface area contributed by atoms with Gasteiger partial charge in [0.1, 0.15) is 5.75 Å². The second-order valence-electron chi connectivity index (χ2n) is 5.54. The number of amides is 1. The number of ether oxygens (including phenoxy) is 1. The van der Waals surface area contributed by atoms with Gasteiger partial charge >= 0.3 is 0 Å². The first-order chi connectivity index (χ1) is 12.3. The van der Waals surface area contributed by atoms with E-state index in [9.17, 15) is 13.2 Å². The molecule has 2 rings (SSSR count). The van der Waals surface area contributed by atoms with Gasteiger partial charge in [-0.25, -0.2) is 8.42 Å². The number of carbonyl (C=O) groups excluding carboxylic acids is 1. The van der Waals surface area contributed by atoms with Gasteiger partial charge < -0.3 is 10.1 Å². The summed E-state index contributed by atoms with van der Waals surface area (Å²) in [5.74, 6) is 0.332. The number of para-hydroxylation sites is 1. The molecule has 0 heterocycles. The fourth-order valence-electron chi connectivity index (χ4n) is 2.34. The van der Waals surface area contributed by atoms with Crippen LogP contribution in [-0.2, 0) is 14.8 Å². The summed E-state index contributed by atoms with van der Waals surface area (Å²) in [6.07, 6.45) is 1.10. The molecule has 0 radical (unpaired) electrons. The van der Waals surface area contributed by atoms with E-state index in [2.05, 4.69) is 5.32 Å². The van der Waals surface area contributed by atoms with E-state index in [4.69, 9.17) is 16.3 Å². The average Bonchev–Trinajstić information content (AvgIpc) is 2.58. The Morgan fingerprint density at radius 2 is 1.81 bits per heavy atom. The van der Waals surface area contributed by atoms with Gasteiger partial charge in [0.15, 0.2) is 0 Å². The first kappa shape index (κ1) is 20.1. The molecule has 0 atom stereocenters. The molecule has 0 aliphatic carbocycles. The van der Waals surface area contributed by atoms with Gasteiger partial charge in [0.2, 0.25) is 15.9 Å². The Labute approximate surface area is 158 Å². The van der Waals surface area contributed by atoms with Crippen molar-refractivity contribution in [3.63, 3.8) is 0 Å². The van der Waals surface area contributed by atoms with E-state index in [1.54, 1.807) is 48.5 Å². The molecular formula is C18H21ClN2O4S. The van der Waals surface area contributed by atoms with E-state index in [0.717, 1.165) is 6.26 Å². The molecule has 2 aromatic rings. The molecule has 1 N–H and O–H groups in total. The predicted molar refractivity (Wildman–Crippen MR) is 104 cm³/mol. The van der Waals surface area contributed by atoms with E-state index in [1.165, 1.54) is 4.31 Å². The van der Waals surface area contributed by atoms with Crippen LogP contribution in [0.3, 0.4) is 0 Å². The molecule has 1 amide bonds. The zero-order chi connectivity index (χ0) is 19.2. The first-order valence-electron chi connectivity index (χ1n) is 8.06. The minimum Gasteiger partial charge on any atom is -0.494 e. The van der Waals surface area contributed by atoms with Crippen molar-refractivity contribution in [2.24, 2.45) is 0 Å². The van der Waals surface area contributed by atoms with Crippen molar-refractivity contribution in [3.8, 4) is 5.75 Å². The van der Waals surface area contributed by atoms with E-state index in [0.29, 0.717) is 28.8 Å². The Morgan fingerprint density at radius 3 is 2.38 bits per heavy atom. The normalized spacial score (nSPS) is 11.0. The highest BCUT2D eigenvalue weighted by atomic mass is 35.5. The lowest BCUT2D eigenvalue weighted by atomic mass is 10.2. The van der Waals surface area contributed by atoms with Crippen LogP contribution >= 0.6 is 11.6 Å². The molecule has 0 saturated heterocycles. The molecule has 0 saturated carbocycles. The van der Waals surface area contributed by atoms with Gasteiger partial charge in [-0.1, -0.05) is 23.7 Å². The quantitative estimate of drug-likeness (QED) is 0.740. The van der Waals surface area contributed by atoms with Crippen LogP contribution in [0.4, 0.5) is 11.4 Å². The molecule has 0 unspecified atom stereocenters. The lowest BCUT2D eigenvalue weighted by molar-refractivity contribution is -0.116. The van der Waals surface area contributed by atoms with Crippen LogP contribution < -0.4 is 14.4 Å². The number of nitrogens with zero attached hydrogens (tertiary/aromatic N) is 1. The van der Waals surface area contributed by atoms with Crippen LogP contribution in [0.5, 0.6) is 5.75 Å². The summed E-state index contributed by atoms with van der Waals surface area (Å²) in [6.45, 7) is 2.41. The number of anilines is 2. The van der Waals surface area contributed by atoms with Gasteiger partial charge in [0.05, 0.1) is 29.3 Å². The molecule has 6 nitrogen and oxygen atoms in total. The molecule has 26 heavy (non-hydrogen) atoms. The van der Waals surface area contributed by atoms with E-state index in [-0.39, 0.29) is 18.9 Å². The maximum Gasteiger partial charge on any atom is 0.232 e. The van der Waals surface area contributed by atoms with Crippen molar-refractivity contribution in [1.82, 2.24) is 0 Å². The third-order valence-corrected chi connectivity index (χ3v) is 5.05. The molecule has 0 bridgehead atoms. The SMILES string of the molecule is CCOc1ccc(N(CCC(=O)Nc2ccccc2Cl)S(C)(=O)=O)cc1. The summed E-state index contributed by atoms with van der Waals surface area (Å²) in [6, 6.07) is 13.6. The van der Waals surface area contributed by atoms with Crippen molar-refractivity contribution in [3.05, 3.63) is 53.6 Å². The fraction of sp³-hybridized carbons (Fsp3) is 0.278. The number of carbonyl (C=O) groups is 1. The Morgan fingerprint density at radius 1 is 1.15 bits per heavy atom. The zero-order valence-corrected chi connectivity index (χ0v) is 16.2. The van der Waals surface area contributed by atoms with Crippen LogP contribution in [-0.4, -0.2) is 33.7 Å². The van der Waals surface area contributed by atoms with Crippen molar-refractivity contribution in [1.29, 1.82) is 0 Å². The lowest BCUT2D eigenvalue weighted by Gasteiger charge is -2.22. The van der Waals surface area contributed by atoms with Crippen LogP contribution in [0, 0.1) is 0 Å².